The number of rotatable bonds is 2. The fourth-order valence-corrected chi connectivity index (χ4v) is 3.79. The monoisotopic (exact) mass is 332 g/mol. The van der Waals surface area contributed by atoms with Crippen molar-refractivity contribution in [1.29, 1.82) is 0 Å². The fourth-order valence-electron chi connectivity index (χ4n) is 3.79. The van der Waals surface area contributed by atoms with Crippen molar-refractivity contribution in [3.8, 4) is 0 Å². The number of imide groups is 1. The molecule has 0 aromatic carbocycles. The number of carbonyl (C=O) groups is 2. The van der Waals surface area contributed by atoms with Crippen molar-refractivity contribution in [2.24, 2.45) is 4.99 Å². The summed E-state index contributed by atoms with van der Waals surface area (Å²) in [6.45, 7) is 5.56. The summed E-state index contributed by atoms with van der Waals surface area (Å²) >= 11 is 0. The van der Waals surface area contributed by atoms with Crippen molar-refractivity contribution in [2.45, 2.75) is 45.4 Å². The third kappa shape index (κ3) is 1.89. The number of hydrogen-bond donors (Lipinski definition) is 0. The van der Waals surface area contributed by atoms with E-state index in [0.717, 1.165) is 48.2 Å². The van der Waals surface area contributed by atoms with Gasteiger partial charge in [-0.1, -0.05) is 4.99 Å². The highest BCUT2D eigenvalue weighted by molar-refractivity contribution is 6.20. The number of aromatic nitrogens is 2. The van der Waals surface area contributed by atoms with Crippen LogP contribution in [0.4, 0.5) is 10.7 Å². The molecule has 0 saturated carbocycles. The molecular formula is C16H22N5O3+. The van der Waals surface area contributed by atoms with Crippen LogP contribution in [0.15, 0.2) is 4.99 Å². The summed E-state index contributed by atoms with van der Waals surface area (Å²) in [6, 6.07) is -0.905. The second kappa shape index (κ2) is 5.14. The zero-order valence-electron chi connectivity index (χ0n) is 14.4. The Kier molecular flexibility index (Phi) is 3.28. The Morgan fingerprint density at radius 2 is 2.00 bits per heavy atom. The van der Waals surface area contributed by atoms with E-state index in [4.69, 9.17) is 4.74 Å². The van der Waals surface area contributed by atoms with Gasteiger partial charge < -0.3 is 4.74 Å². The Morgan fingerprint density at radius 1 is 1.25 bits per heavy atom. The van der Waals surface area contributed by atoms with Gasteiger partial charge in [-0.05, 0) is 26.7 Å². The number of nitrogens with zero attached hydrogens (tertiary/aromatic N) is 5. The first kappa shape index (κ1) is 15.3. The van der Waals surface area contributed by atoms with Crippen LogP contribution in [0, 0.1) is 13.8 Å². The average molecular weight is 332 g/mol. The Bertz CT molecular complexity index is 775. The van der Waals surface area contributed by atoms with E-state index in [1.807, 2.05) is 18.4 Å². The normalized spacial score (nSPS) is 26.1. The van der Waals surface area contributed by atoms with Crippen molar-refractivity contribution < 1.29 is 18.9 Å². The van der Waals surface area contributed by atoms with Crippen LogP contribution >= 0.6 is 0 Å². The summed E-state index contributed by atoms with van der Waals surface area (Å²) < 4.78 is 9.82. The molecule has 4 heterocycles. The minimum atomic E-state index is -0.558. The topological polar surface area (TPSA) is 71.0 Å². The number of carbonyl (C=O) groups excluding carboxylic acids is 2. The van der Waals surface area contributed by atoms with Crippen LogP contribution in [0.2, 0.25) is 0 Å². The highest BCUT2D eigenvalue weighted by atomic mass is 16.5. The zero-order chi connectivity index (χ0) is 17.2. The van der Waals surface area contributed by atoms with Crippen LogP contribution in [0.1, 0.15) is 30.3 Å². The molecule has 0 radical (unpaired) electrons. The standard InChI is InChI=1S/C16H22N5O3/c1-9-10(2)21-12-13(18(3)16(23)19(4)14(12)22)17-15(21)20(9)8-11-6-5-7-24-11/h11-12H,5-8H2,1-4H3/q+1. The summed E-state index contributed by atoms with van der Waals surface area (Å²) in [7, 11) is 3.18. The molecule has 0 bridgehead atoms. The molecule has 3 aliphatic rings. The molecule has 2 atom stereocenters. The Hall–Kier alpha value is -2.22. The zero-order valence-corrected chi connectivity index (χ0v) is 14.4. The molecule has 1 aromatic heterocycles. The molecule has 2 saturated heterocycles. The van der Waals surface area contributed by atoms with Gasteiger partial charge in [0, 0.05) is 20.7 Å². The number of imidazole rings is 1. The Labute approximate surface area is 140 Å². The van der Waals surface area contributed by atoms with Gasteiger partial charge in [-0.15, -0.1) is 0 Å². The summed E-state index contributed by atoms with van der Waals surface area (Å²) in [6.07, 6.45) is 2.30. The number of fused-ring (bicyclic) bond motifs is 3. The summed E-state index contributed by atoms with van der Waals surface area (Å²) in [4.78, 5) is 32.2. The first-order valence-electron chi connectivity index (χ1n) is 8.28. The predicted octanol–water partition coefficient (Wildman–Crippen LogP) is 0.680. The van der Waals surface area contributed by atoms with E-state index < -0.39 is 6.04 Å². The van der Waals surface area contributed by atoms with Gasteiger partial charge in [0.25, 0.3) is 5.91 Å². The van der Waals surface area contributed by atoms with Crippen LogP contribution in [0.5, 0.6) is 0 Å². The first-order chi connectivity index (χ1) is 11.4. The van der Waals surface area contributed by atoms with Gasteiger partial charge in [0.1, 0.15) is 11.4 Å². The minimum absolute atomic E-state index is 0.181. The number of likely N-dealkylation sites (N-methyl/N-ethyl adjacent to an activating group) is 2. The molecule has 0 N–H and O–H groups in total. The van der Waals surface area contributed by atoms with E-state index in [9.17, 15) is 9.59 Å². The lowest BCUT2D eigenvalue weighted by molar-refractivity contribution is -0.695. The molecule has 128 valence electrons. The van der Waals surface area contributed by atoms with Crippen molar-refractivity contribution in [3.63, 3.8) is 0 Å². The van der Waals surface area contributed by atoms with Crippen LogP contribution < -0.4 is 4.57 Å². The van der Waals surface area contributed by atoms with E-state index in [1.165, 1.54) is 11.9 Å². The van der Waals surface area contributed by atoms with Crippen molar-refractivity contribution in [3.05, 3.63) is 11.4 Å². The minimum Gasteiger partial charge on any atom is -0.375 e. The maximum Gasteiger partial charge on any atom is 0.402 e. The first-order valence-corrected chi connectivity index (χ1v) is 8.28. The van der Waals surface area contributed by atoms with E-state index >= 15 is 0 Å². The largest absolute Gasteiger partial charge is 0.402 e. The smallest absolute Gasteiger partial charge is 0.375 e. The molecule has 8 heteroatoms. The summed E-state index contributed by atoms with van der Waals surface area (Å²) in [5, 5.41) is 0. The van der Waals surface area contributed by atoms with Gasteiger partial charge in [0.15, 0.2) is 0 Å². The van der Waals surface area contributed by atoms with Crippen molar-refractivity contribution in [2.75, 3.05) is 20.7 Å². The van der Waals surface area contributed by atoms with E-state index in [2.05, 4.69) is 9.56 Å². The van der Waals surface area contributed by atoms with Crippen LogP contribution in [-0.2, 0) is 16.1 Å². The summed E-state index contributed by atoms with van der Waals surface area (Å²) in [5.74, 6) is 0.990. The lowest BCUT2D eigenvalue weighted by atomic mass is 10.1. The number of amidine groups is 1. The lowest BCUT2D eigenvalue weighted by Crippen LogP contribution is -2.56. The predicted molar refractivity (Wildman–Crippen MR) is 85.1 cm³/mol. The molecule has 3 amide bonds. The van der Waals surface area contributed by atoms with Crippen LogP contribution in [0.3, 0.4) is 0 Å². The second-order valence-corrected chi connectivity index (χ2v) is 6.70. The number of hydrogen-bond acceptors (Lipinski definition) is 4. The maximum absolute atomic E-state index is 12.7. The molecule has 8 nitrogen and oxygen atoms in total. The molecule has 1 aromatic rings. The van der Waals surface area contributed by atoms with Crippen molar-refractivity contribution in [1.82, 2.24) is 14.4 Å². The molecule has 24 heavy (non-hydrogen) atoms. The number of amides is 3. The van der Waals surface area contributed by atoms with E-state index in [-0.39, 0.29) is 18.0 Å². The molecule has 3 aliphatic heterocycles. The van der Waals surface area contributed by atoms with Gasteiger partial charge in [0.2, 0.25) is 11.9 Å². The third-order valence-corrected chi connectivity index (χ3v) is 5.36. The van der Waals surface area contributed by atoms with Gasteiger partial charge >= 0.3 is 12.0 Å². The Morgan fingerprint density at radius 3 is 2.67 bits per heavy atom. The lowest BCUT2D eigenvalue weighted by Gasteiger charge is -2.30. The van der Waals surface area contributed by atoms with E-state index in [0.29, 0.717) is 5.84 Å². The molecule has 2 fully saturated rings. The highest BCUT2D eigenvalue weighted by Crippen LogP contribution is 2.34. The van der Waals surface area contributed by atoms with Gasteiger partial charge in [-0.3, -0.25) is 14.6 Å². The molecule has 2 unspecified atom stereocenters. The molecule has 0 spiro atoms. The van der Waals surface area contributed by atoms with Gasteiger partial charge in [-0.25, -0.2) is 13.9 Å². The van der Waals surface area contributed by atoms with E-state index in [1.54, 1.807) is 7.05 Å². The van der Waals surface area contributed by atoms with Crippen LogP contribution in [-0.4, -0.2) is 58.9 Å². The maximum atomic E-state index is 12.7. The second-order valence-electron chi connectivity index (χ2n) is 6.70. The SMILES string of the molecule is Cc1c(C)[n+](CC2CCCO2)c2n1C1C(=O)N(C)C(=O)N(C)C1=N2. The molecule has 4 rings (SSSR count). The fraction of sp³-hybridized carbons (Fsp3) is 0.625. The Balaban J connectivity index is 1.81. The molecule has 0 aliphatic carbocycles. The molecular weight excluding hydrogens is 310 g/mol. The van der Waals surface area contributed by atoms with Crippen molar-refractivity contribution >= 4 is 23.7 Å². The number of urea groups is 1. The van der Waals surface area contributed by atoms with Gasteiger partial charge in [-0.2, -0.15) is 0 Å². The number of ether oxygens (including phenoxy) is 1. The number of aliphatic imine (C=N–C) groups is 1. The summed E-state index contributed by atoms with van der Waals surface area (Å²) in [5.41, 5.74) is 2.08. The average Bonchev–Trinajstić information content (AvgIpc) is 3.25. The quantitative estimate of drug-likeness (QED) is 0.748. The highest BCUT2D eigenvalue weighted by Gasteiger charge is 2.53. The third-order valence-electron chi connectivity index (χ3n) is 5.36. The van der Waals surface area contributed by atoms with Crippen LogP contribution in [0.25, 0.3) is 0 Å². The van der Waals surface area contributed by atoms with Gasteiger partial charge in [0.05, 0.1) is 12.6 Å².